The van der Waals surface area contributed by atoms with Gasteiger partial charge in [0, 0.05) is 24.7 Å². The Hall–Kier alpha value is -1.13. The lowest BCUT2D eigenvalue weighted by atomic mass is 10.1. The molecule has 0 fully saturated rings. The Kier molecular flexibility index (Phi) is 6.81. The number of hydrogen-bond donors (Lipinski definition) is 1. The molecule has 1 unspecified atom stereocenters. The summed E-state index contributed by atoms with van der Waals surface area (Å²) in [5.74, 6) is 0.870. The molecule has 0 aliphatic heterocycles. The highest BCUT2D eigenvalue weighted by Gasteiger charge is 2.09. The second kappa shape index (κ2) is 8.12. The molecule has 1 aromatic heterocycles. The molecule has 4 nitrogen and oxygen atoms in total. The minimum absolute atomic E-state index is 0.0967. The second-order valence-corrected chi connectivity index (χ2v) is 4.95. The van der Waals surface area contributed by atoms with Crippen LogP contribution in [0, 0.1) is 6.92 Å². The van der Waals surface area contributed by atoms with Gasteiger partial charge in [-0.25, -0.2) is 0 Å². The number of rotatable bonds is 8. The third kappa shape index (κ3) is 5.57. The quantitative estimate of drug-likeness (QED) is 0.781. The number of likely N-dealkylation sites (N-methyl/N-ethyl adjacent to an activating group) is 1. The molecular formula is C15H27N3O. The molecule has 1 rings (SSSR count). The molecule has 4 heteroatoms. The van der Waals surface area contributed by atoms with E-state index in [9.17, 15) is 0 Å². The van der Waals surface area contributed by atoms with E-state index in [-0.39, 0.29) is 6.04 Å². The molecule has 0 amide bonds. The highest BCUT2D eigenvalue weighted by molar-refractivity contribution is 5.29. The molecular weight excluding hydrogens is 238 g/mol. The number of ether oxygens (including phenoxy) is 1. The van der Waals surface area contributed by atoms with Gasteiger partial charge in [0.05, 0.1) is 5.69 Å². The van der Waals surface area contributed by atoms with Crippen LogP contribution in [0.5, 0.6) is 5.75 Å². The highest BCUT2D eigenvalue weighted by Crippen LogP contribution is 2.18. The normalized spacial score (nSPS) is 12.7. The van der Waals surface area contributed by atoms with Crippen molar-refractivity contribution in [3.63, 3.8) is 0 Å². The van der Waals surface area contributed by atoms with E-state index in [4.69, 9.17) is 10.5 Å². The number of nitrogens with zero attached hydrogens (tertiary/aromatic N) is 2. The molecule has 19 heavy (non-hydrogen) atoms. The van der Waals surface area contributed by atoms with Gasteiger partial charge < -0.3 is 15.4 Å². The lowest BCUT2D eigenvalue weighted by Crippen LogP contribution is -2.28. The molecule has 2 N–H and O–H groups in total. The average molecular weight is 265 g/mol. The molecule has 1 heterocycles. The topological polar surface area (TPSA) is 51.4 Å². The SMILES string of the molecule is CCN(CC)CCOc1ccc(C)nc1CC(C)N. The average Bonchev–Trinajstić information content (AvgIpc) is 2.36. The van der Waals surface area contributed by atoms with Crippen molar-refractivity contribution in [2.75, 3.05) is 26.2 Å². The van der Waals surface area contributed by atoms with E-state index in [1.807, 2.05) is 26.0 Å². The van der Waals surface area contributed by atoms with Crippen LogP contribution >= 0.6 is 0 Å². The van der Waals surface area contributed by atoms with Gasteiger partial charge in [0.1, 0.15) is 12.4 Å². The summed E-state index contributed by atoms with van der Waals surface area (Å²) in [4.78, 5) is 6.87. The van der Waals surface area contributed by atoms with E-state index >= 15 is 0 Å². The standard InChI is InChI=1S/C15H27N3O/c1-5-18(6-2)9-10-19-15-8-7-13(4)17-14(15)11-12(3)16/h7-8,12H,5-6,9-11,16H2,1-4H3. The zero-order chi connectivity index (χ0) is 14.3. The zero-order valence-corrected chi connectivity index (χ0v) is 12.6. The van der Waals surface area contributed by atoms with Crippen molar-refractivity contribution in [1.29, 1.82) is 0 Å². The van der Waals surface area contributed by atoms with Gasteiger partial charge in [-0.2, -0.15) is 0 Å². The fraction of sp³-hybridized carbons (Fsp3) is 0.667. The molecule has 0 bridgehead atoms. The summed E-state index contributed by atoms with van der Waals surface area (Å²) in [5, 5.41) is 0. The molecule has 108 valence electrons. The number of aryl methyl sites for hydroxylation is 1. The van der Waals surface area contributed by atoms with Crippen LogP contribution in [-0.4, -0.2) is 42.2 Å². The van der Waals surface area contributed by atoms with E-state index in [2.05, 4.69) is 23.7 Å². The Morgan fingerprint density at radius 1 is 1.32 bits per heavy atom. The van der Waals surface area contributed by atoms with Crippen molar-refractivity contribution in [3.8, 4) is 5.75 Å². The smallest absolute Gasteiger partial charge is 0.140 e. The summed E-state index contributed by atoms with van der Waals surface area (Å²) >= 11 is 0. The number of hydrogen-bond acceptors (Lipinski definition) is 4. The first kappa shape index (κ1) is 15.9. The van der Waals surface area contributed by atoms with Crippen molar-refractivity contribution >= 4 is 0 Å². The lowest BCUT2D eigenvalue weighted by Gasteiger charge is -2.19. The van der Waals surface area contributed by atoms with E-state index in [0.29, 0.717) is 6.61 Å². The van der Waals surface area contributed by atoms with Crippen LogP contribution in [0.1, 0.15) is 32.2 Å². The van der Waals surface area contributed by atoms with Crippen molar-refractivity contribution in [3.05, 3.63) is 23.5 Å². The van der Waals surface area contributed by atoms with Crippen LogP contribution in [0.2, 0.25) is 0 Å². The second-order valence-electron chi connectivity index (χ2n) is 4.95. The fourth-order valence-electron chi connectivity index (χ4n) is 2.00. The molecule has 0 aromatic carbocycles. The minimum Gasteiger partial charge on any atom is -0.490 e. The molecule has 0 aliphatic rings. The van der Waals surface area contributed by atoms with Gasteiger partial charge in [0.15, 0.2) is 0 Å². The summed E-state index contributed by atoms with van der Waals surface area (Å²) in [7, 11) is 0. The Balaban J connectivity index is 2.61. The first-order valence-electron chi connectivity index (χ1n) is 7.14. The van der Waals surface area contributed by atoms with E-state index in [0.717, 1.165) is 43.2 Å². The molecule has 0 radical (unpaired) electrons. The van der Waals surface area contributed by atoms with Crippen molar-refractivity contribution in [1.82, 2.24) is 9.88 Å². The van der Waals surface area contributed by atoms with Crippen LogP contribution in [0.4, 0.5) is 0 Å². The summed E-state index contributed by atoms with van der Waals surface area (Å²) in [6.07, 6.45) is 0.752. The van der Waals surface area contributed by atoms with Crippen molar-refractivity contribution < 1.29 is 4.74 Å². The zero-order valence-electron chi connectivity index (χ0n) is 12.6. The first-order chi connectivity index (χ1) is 9.06. The van der Waals surface area contributed by atoms with Crippen LogP contribution in [0.3, 0.4) is 0 Å². The first-order valence-corrected chi connectivity index (χ1v) is 7.14. The fourth-order valence-corrected chi connectivity index (χ4v) is 2.00. The summed E-state index contributed by atoms with van der Waals surface area (Å²) < 4.78 is 5.87. The molecule has 0 saturated carbocycles. The molecule has 1 atom stereocenters. The Bertz CT molecular complexity index is 376. The minimum atomic E-state index is 0.0967. The molecule has 0 aliphatic carbocycles. The number of nitrogens with two attached hydrogens (primary N) is 1. The molecule has 0 spiro atoms. The van der Waals surface area contributed by atoms with Gasteiger partial charge in [-0.3, -0.25) is 4.98 Å². The van der Waals surface area contributed by atoms with Crippen molar-refractivity contribution in [2.45, 2.75) is 40.2 Å². The maximum absolute atomic E-state index is 5.87. The largest absolute Gasteiger partial charge is 0.490 e. The molecule has 1 aromatic rings. The lowest BCUT2D eigenvalue weighted by molar-refractivity contribution is 0.221. The van der Waals surface area contributed by atoms with Gasteiger partial charge >= 0.3 is 0 Å². The predicted octanol–water partition coefficient (Wildman–Crippen LogP) is 2.00. The van der Waals surface area contributed by atoms with Gasteiger partial charge in [0.2, 0.25) is 0 Å². The maximum Gasteiger partial charge on any atom is 0.140 e. The van der Waals surface area contributed by atoms with Crippen LogP contribution in [0.25, 0.3) is 0 Å². The Labute approximate surface area is 117 Å². The summed E-state index contributed by atoms with van der Waals surface area (Å²) in [5.41, 5.74) is 7.83. The monoisotopic (exact) mass is 265 g/mol. The van der Waals surface area contributed by atoms with Crippen LogP contribution in [-0.2, 0) is 6.42 Å². The maximum atomic E-state index is 5.87. The van der Waals surface area contributed by atoms with Crippen LogP contribution < -0.4 is 10.5 Å². The number of pyridine rings is 1. The van der Waals surface area contributed by atoms with Gasteiger partial charge in [-0.1, -0.05) is 13.8 Å². The van der Waals surface area contributed by atoms with Gasteiger partial charge in [-0.05, 0) is 39.1 Å². The van der Waals surface area contributed by atoms with E-state index in [1.54, 1.807) is 0 Å². The van der Waals surface area contributed by atoms with Gasteiger partial charge in [-0.15, -0.1) is 0 Å². The third-order valence-electron chi connectivity index (χ3n) is 3.15. The summed E-state index contributed by atoms with van der Waals surface area (Å²) in [6, 6.07) is 4.08. The van der Waals surface area contributed by atoms with E-state index in [1.165, 1.54) is 0 Å². The Morgan fingerprint density at radius 2 is 2.00 bits per heavy atom. The number of aromatic nitrogens is 1. The van der Waals surface area contributed by atoms with E-state index < -0.39 is 0 Å². The van der Waals surface area contributed by atoms with Gasteiger partial charge in [0.25, 0.3) is 0 Å². The predicted molar refractivity (Wildman–Crippen MR) is 79.6 cm³/mol. The Morgan fingerprint density at radius 3 is 2.58 bits per heavy atom. The van der Waals surface area contributed by atoms with Crippen LogP contribution in [0.15, 0.2) is 12.1 Å². The summed E-state index contributed by atoms with van der Waals surface area (Å²) in [6.45, 7) is 12.1. The highest BCUT2D eigenvalue weighted by atomic mass is 16.5. The van der Waals surface area contributed by atoms with Crippen molar-refractivity contribution in [2.24, 2.45) is 5.73 Å². The third-order valence-corrected chi connectivity index (χ3v) is 3.15. The molecule has 0 saturated heterocycles.